The Hall–Kier alpha value is -1.25. The van der Waals surface area contributed by atoms with Gasteiger partial charge in [-0.2, -0.15) is 0 Å². The number of aryl methyl sites for hydroxylation is 2. The van der Waals surface area contributed by atoms with Gasteiger partial charge in [-0.25, -0.2) is 0 Å². The van der Waals surface area contributed by atoms with Gasteiger partial charge < -0.3 is 5.32 Å². The zero-order valence-electron chi connectivity index (χ0n) is 13.3. The van der Waals surface area contributed by atoms with Gasteiger partial charge in [0.25, 0.3) is 0 Å². The van der Waals surface area contributed by atoms with Gasteiger partial charge in [-0.3, -0.25) is 0 Å². The van der Waals surface area contributed by atoms with E-state index in [1.807, 2.05) is 11.8 Å². The van der Waals surface area contributed by atoms with E-state index in [1.54, 1.807) is 0 Å². The molecule has 0 heterocycles. The number of hydrogen-bond acceptors (Lipinski definition) is 2. The average molecular weight is 299 g/mol. The van der Waals surface area contributed by atoms with Crippen LogP contribution in [0.1, 0.15) is 35.6 Å². The van der Waals surface area contributed by atoms with Crippen molar-refractivity contribution in [1.29, 1.82) is 0 Å². The van der Waals surface area contributed by atoms with E-state index in [9.17, 15) is 0 Å². The van der Waals surface area contributed by atoms with Gasteiger partial charge in [0.1, 0.15) is 0 Å². The van der Waals surface area contributed by atoms with Crippen LogP contribution in [0.25, 0.3) is 0 Å². The normalized spacial score (nSPS) is 10.8. The quantitative estimate of drug-likeness (QED) is 0.564. The molecule has 0 aromatic heterocycles. The van der Waals surface area contributed by atoms with Crippen molar-refractivity contribution in [3.8, 4) is 0 Å². The summed E-state index contributed by atoms with van der Waals surface area (Å²) >= 11 is 1.93. The molecule has 0 unspecified atom stereocenters. The highest BCUT2D eigenvalue weighted by atomic mass is 32.2. The van der Waals surface area contributed by atoms with Crippen molar-refractivity contribution in [2.24, 2.45) is 0 Å². The SMILES string of the molecule is CCCNCc1cccc(SCc2c(C)cccc2C)c1. The van der Waals surface area contributed by atoms with Crippen LogP contribution in [0.3, 0.4) is 0 Å². The maximum atomic E-state index is 3.46. The topological polar surface area (TPSA) is 12.0 Å². The monoisotopic (exact) mass is 299 g/mol. The van der Waals surface area contributed by atoms with Crippen molar-refractivity contribution < 1.29 is 0 Å². The molecule has 2 aromatic rings. The summed E-state index contributed by atoms with van der Waals surface area (Å²) in [6.45, 7) is 8.65. The largest absolute Gasteiger partial charge is 0.313 e. The van der Waals surface area contributed by atoms with Crippen molar-refractivity contribution >= 4 is 11.8 Å². The van der Waals surface area contributed by atoms with Gasteiger partial charge in [-0.1, -0.05) is 37.3 Å². The predicted molar refractivity (Wildman–Crippen MR) is 93.9 cm³/mol. The minimum absolute atomic E-state index is 0.964. The van der Waals surface area contributed by atoms with Gasteiger partial charge in [0.05, 0.1) is 0 Å². The second-order valence-corrected chi connectivity index (χ2v) is 6.53. The highest BCUT2D eigenvalue weighted by Gasteiger charge is 2.03. The second kappa shape index (κ2) is 8.26. The number of nitrogens with one attached hydrogen (secondary N) is 1. The van der Waals surface area contributed by atoms with Crippen LogP contribution in [0.5, 0.6) is 0 Å². The molecule has 1 nitrogen and oxygen atoms in total. The van der Waals surface area contributed by atoms with Gasteiger partial charge in [0.15, 0.2) is 0 Å². The Morgan fingerprint density at radius 3 is 2.43 bits per heavy atom. The summed E-state index contributed by atoms with van der Waals surface area (Å²) in [6, 6.07) is 15.4. The molecule has 21 heavy (non-hydrogen) atoms. The standard InChI is InChI=1S/C19H25NS/c1-4-11-20-13-17-9-6-10-18(12-17)21-14-19-15(2)7-5-8-16(19)3/h5-10,12,20H,4,11,13-14H2,1-3H3. The first kappa shape index (κ1) is 16.1. The van der Waals surface area contributed by atoms with Crippen molar-refractivity contribution in [2.75, 3.05) is 6.54 Å². The maximum absolute atomic E-state index is 3.46. The molecule has 1 N–H and O–H groups in total. The third-order valence-corrected chi connectivity index (χ3v) is 4.70. The third kappa shape index (κ3) is 4.90. The van der Waals surface area contributed by atoms with Gasteiger partial charge in [-0.05, 0) is 61.2 Å². The van der Waals surface area contributed by atoms with E-state index in [-0.39, 0.29) is 0 Å². The minimum atomic E-state index is 0.964. The molecule has 0 fully saturated rings. The summed E-state index contributed by atoms with van der Waals surface area (Å²) in [5, 5.41) is 3.46. The summed E-state index contributed by atoms with van der Waals surface area (Å²) in [4.78, 5) is 1.36. The minimum Gasteiger partial charge on any atom is -0.313 e. The van der Waals surface area contributed by atoms with Crippen molar-refractivity contribution in [2.45, 2.75) is 44.4 Å². The van der Waals surface area contributed by atoms with E-state index < -0.39 is 0 Å². The Bertz CT molecular complexity index is 557. The molecule has 0 amide bonds. The van der Waals surface area contributed by atoms with E-state index in [1.165, 1.54) is 33.6 Å². The molecule has 0 aliphatic heterocycles. The summed E-state index contributed by atoms with van der Waals surface area (Å²) < 4.78 is 0. The molecule has 2 heteroatoms. The van der Waals surface area contributed by atoms with E-state index >= 15 is 0 Å². The molecular formula is C19H25NS. The Kier molecular flexibility index (Phi) is 6.34. The van der Waals surface area contributed by atoms with Crippen LogP contribution in [0.2, 0.25) is 0 Å². The summed E-state index contributed by atoms with van der Waals surface area (Å²) in [5.74, 6) is 1.05. The van der Waals surface area contributed by atoms with Crippen LogP contribution in [-0.4, -0.2) is 6.54 Å². The second-order valence-electron chi connectivity index (χ2n) is 5.48. The number of thioether (sulfide) groups is 1. The lowest BCUT2D eigenvalue weighted by atomic mass is 10.1. The molecular weight excluding hydrogens is 274 g/mol. The van der Waals surface area contributed by atoms with Gasteiger partial charge in [0.2, 0.25) is 0 Å². The molecule has 0 saturated heterocycles. The van der Waals surface area contributed by atoms with Crippen molar-refractivity contribution in [1.82, 2.24) is 5.32 Å². The molecule has 0 spiro atoms. The molecule has 112 valence electrons. The first-order valence-electron chi connectivity index (χ1n) is 7.68. The third-order valence-electron chi connectivity index (χ3n) is 3.68. The number of benzene rings is 2. The molecule has 0 radical (unpaired) electrons. The summed E-state index contributed by atoms with van der Waals surface area (Å²) in [6.07, 6.45) is 1.18. The highest BCUT2D eigenvalue weighted by Crippen LogP contribution is 2.26. The fourth-order valence-electron chi connectivity index (χ4n) is 2.39. The number of hydrogen-bond donors (Lipinski definition) is 1. The fraction of sp³-hybridized carbons (Fsp3) is 0.368. The predicted octanol–water partition coefficient (Wildman–Crippen LogP) is 5.10. The molecule has 0 aliphatic rings. The smallest absolute Gasteiger partial charge is 0.0237 e. The zero-order chi connectivity index (χ0) is 15.1. The lowest BCUT2D eigenvalue weighted by molar-refractivity contribution is 0.674. The summed E-state index contributed by atoms with van der Waals surface area (Å²) in [7, 11) is 0. The maximum Gasteiger partial charge on any atom is 0.0237 e. The van der Waals surface area contributed by atoms with E-state index in [2.05, 4.69) is 68.6 Å². The zero-order valence-corrected chi connectivity index (χ0v) is 14.1. The summed E-state index contributed by atoms with van der Waals surface area (Å²) in [5.41, 5.74) is 5.62. The molecule has 0 atom stereocenters. The fourth-order valence-corrected chi connectivity index (χ4v) is 3.56. The Morgan fingerprint density at radius 1 is 1.00 bits per heavy atom. The number of rotatable bonds is 7. The van der Waals surface area contributed by atoms with Crippen LogP contribution in [0.4, 0.5) is 0 Å². The molecule has 0 saturated carbocycles. The average Bonchev–Trinajstić information content (AvgIpc) is 2.47. The van der Waals surface area contributed by atoms with Crippen molar-refractivity contribution in [3.63, 3.8) is 0 Å². The van der Waals surface area contributed by atoms with Crippen molar-refractivity contribution in [3.05, 3.63) is 64.7 Å². The molecule has 0 bridgehead atoms. The van der Waals surface area contributed by atoms with Crippen LogP contribution < -0.4 is 5.32 Å². The van der Waals surface area contributed by atoms with E-state index in [4.69, 9.17) is 0 Å². The van der Waals surface area contributed by atoms with Gasteiger partial charge >= 0.3 is 0 Å². The van der Waals surface area contributed by atoms with Crippen LogP contribution in [0, 0.1) is 13.8 Å². The first-order valence-corrected chi connectivity index (χ1v) is 8.67. The lowest BCUT2D eigenvalue weighted by Crippen LogP contribution is -2.13. The molecule has 2 aromatic carbocycles. The van der Waals surface area contributed by atoms with E-state index in [0.29, 0.717) is 0 Å². The van der Waals surface area contributed by atoms with Crippen LogP contribution >= 0.6 is 11.8 Å². The Balaban J connectivity index is 1.98. The first-order chi connectivity index (χ1) is 10.2. The lowest BCUT2D eigenvalue weighted by Gasteiger charge is -2.10. The molecule has 0 aliphatic carbocycles. The van der Waals surface area contributed by atoms with Gasteiger partial charge in [0, 0.05) is 17.2 Å². The van der Waals surface area contributed by atoms with Gasteiger partial charge in [-0.15, -0.1) is 11.8 Å². The molecule has 2 rings (SSSR count). The van der Waals surface area contributed by atoms with Crippen LogP contribution in [-0.2, 0) is 12.3 Å². The highest BCUT2D eigenvalue weighted by molar-refractivity contribution is 7.98. The van der Waals surface area contributed by atoms with Crippen LogP contribution in [0.15, 0.2) is 47.4 Å². The Morgan fingerprint density at radius 2 is 1.71 bits per heavy atom. The Labute approximate surface area is 133 Å². The van der Waals surface area contributed by atoms with E-state index in [0.717, 1.165) is 18.8 Å².